The number of rotatable bonds is 5. The summed E-state index contributed by atoms with van der Waals surface area (Å²) in [5.41, 5.74) is 0. The quantitative estimate of drug-likeness (QED) is 0.776. The minimum absolute atomic E-state index is 0.574. The van der Waals surface area contributed by atoms with Crippen molar-refractivity contribution in [2.24, 2.45) is 0 Å². The minimum atomic E-state index is 0.574. The Balaban J connectivity index is 2.64. The van der Waals surface area contributed by atoms with E-state index >= 15 is 0 Å². The molecule has 0 aliphatic rings. The molecule has 0 radical (unpaired) electrons. The Morgan fingerprint density at radius 3 is 2.57 bits per heavy atom. The molecule has 0 saturated heterocycles. The standard InChI is InChI=1S/C9H13BrClN3/c1-2-14(5-3-4-10)9-12-6-8(11)7-13-9/h6-7H,2-5H2,1H3. The van der Waals surface area contributed by atoms with Crippen LogP contribution in [0.5, 0.6) is 0 Å². The smallest absolute Gasteiger partial charge is 0.225 e. The molecule has 78 valence electrons. The van der Waals surface area contributed by atoms with Crippen molar-refractivity contribution in [2.45, 2.75) is 13.3 Å². The zero-order valence-corrected chi connectivity index (χ0v) is 10.4. The van der Waals surface area contributed by atoms with Gasteiger partial charge in [-0.05, 0) is 13.3 Å². The van der Waals surface area contributed by atoms with Gasteiger partial charge in [0.1, 0.15) is 0 Å². The van der Waals surface area contributed by atoms with Gasteiger partial charge in [-0.1, -0.05) is 27.5 Å². The summed E-state index contributed by atoms with van der Waals surface area (Å²) >= 11 is 9.12. The Morgan fingerprint density at radius 1 is 1.43 bits per heavy atom. The first kappa shape index (κ1) is 11.7. The Morgan fingerprint density at radius 2 is 2.07 bits per heavy atom. The van der Waals surface area contributed by atoms with Gasteiger partial charge in [0.05, 0.1) is 17.4 Å². The van der Waals surface area contributed by atoms with Crippen LogP contribution in [0.2, 0.25) is 5.02 Å². The van der Waals surface area contributed by atoms with Crippen LogP contribution in [0.3, 0.4) is 0 Å². The van der Waals surface area contributed by atoms with Crippen LogP contribution in [-0.4, -0.2) is 28.4 Å². The highest BCUT2D eigenvalue weighted by molar-refractivity contribution is 9.09. The van der Waals surface area contributed by atoms with Gasteiger partial charge >= 0.3 is 0 Å². The summed E-state index contributed by atoms with van der Waals surface area (Å²) in [6, 6.07) is 0. The van der Waals surface area contributed by atoms with Crippen LogP contribution in [0.15, 0.2) is 12.4 Å². The molecule has 0 N–H and O–H groups in total. The van der Waals surface area contributed by atoms with Crippen molar-refractivity contribution in [1.82, 2.24) is 9.97 Å². The lowest BCUT2D eigenvalue weighted by Crippen LogP contribution is -2.26. The van der Waals surface area contributed by atoms with Crippen LogP contribution in [0.25, 0.3) is 0 Å². The zero-order chi connectivity index (χ0) is 10.4. The molecule has 0 aromatic carbocycles. The maximum absolute atomic E-state index is 5.71. The molecule has 0 atom stereocenters. The number of alkyl halides is 1. The molecular formula is C9H13BrClN3. The van der Waals surface area contributed by atoms with Crippen LogP contribution in [0, 0.1) is 0 Å². The third-order valence-electron chi connectivity index (χ3n) is 1.83. The lowest BCUT2D eigenvalue weighted by molar-refractivity contribution is 0.768. The number of halogens is 2. The maximum Gasteiger partial charge on any atom is 0.225 e. The van der Waals surface area contributed by atoms with E-state index in [9.17, 15) is 0 Å². The Hall–Kier alpha value is -0.350. The van der Waals surface area contributed by atoms with E-state index in [0.29, 0.717) is 5.02 Å². The van der Waals surface area contributed by atoms with Crippen molar-refractivity contribution >= 4 is 33.5 Å². The molecule has 14 heavy (non-hydrogen) atoms. The van der Waals surface area contributed by atoms with Gasteiger partial charge in [0, 0.05) is 18.4 Å². The molecule has 1 aromatic heterocycles. The van der Waals surface area contributed by atoms with Crippen LogP contribution >= 0.6 is 27.5 Å². The summed E-state index contributed by atoms with van der Waals surface area (Å²) in [7, 11) is 0. The number of nitrogens with zero attached hydrogens (tertiary/aromatic N) is 3. The lowest BCUT2D eigenvalue weighted by atomic mass is 10.4. The first-order valence-corrected chi connectivity index (χ1v) is 6.06. The van der Waals surface area contributed by atoms with Gasteiger partial charge in [0.15, 0.2) is 0 Å². The summed E-state index contributed by atoms with van der Waals surface area (Å²) in [4.78, 5) is 10.5. The van der Waals surface area contributed by atoms with E-state index in [0.717, 1.165) is 30.8 Å². The highest BCUT2D eigenvalue weighted by atomic mass is 79.9. The molecule has 1 aromatic rings. The van der Waals surface area contributed by atoms with E-state index in [4.69, 9.17) is 11.6 Å². The Kier molecular flexibility index (Phi) is 5.19. The maximum atomic E-state index is 5.71. The van der Waals surface area contributed by atoms with Gasteiger partial charge in [0.2, 0.25) is 5.95 Å². The highest BCUT2D eigenvalue weighted by Gasteiger charge is 2.05. The van der Waals surface area contributed by atoms with Crippen molar-refractivity contribution in [1.29, 1.82) is 0 Å². The molecule has 0 bridgehead atoms. The average Bonchev–Trinajstić information content (AvgIpc) is 2.21. The van der Waals surface area contributed by atoms with E-state index in [1.54, 1.807) is 12.4 Å². The number of aromatic nitrogens is 2. The topological polar surface area (TPSA) is 29.0 Å². The summed E-state index contributed by atoms with van der Waals surface area (Å²) in [6.45, 7) is 3.96. The molecule has 0 spiro atoms. The van der Waals surface area contributed by atoms with Crippen LogP contribution in [0.4, 0.5) is 5.95 Å². The largest absolute Gasteiger partial charge is 0.341 e. The highest BCUT2D eigenvalue weighted by Crippen LogP contribution is 2.10. The number of hydrogen-bond acceptors (Lipinski definition) is 3. The second-order valence-electron chi connectivity index (χ2n) is 2.82. The second-order valence-corrected chi connectivity index (χ2v) is 4.05. The van der Waals surface area contributed by atoms with Crippen molar-refractivity contribution in [2.75, 3.05) is 23.3 Å². The molecule has 0 unspecified atom stereocenters. The summed E-state index contributed by atoms with van der Waals surface area (Å²) in [5.74, 6) is 0.748. The molecular weight excluding hydrogens is 265 g/mol. The molecule has 1 rings (SSSR count). The Labute approximate surface area is 97.6 Å². The van der Waals surface area contributed by atoms with E-state index in [1.807, 2.05) is 0 Å². The van der Waals surface area contributed by atoms with Crippen LogP contribution < -0.4 is 4.90 Å². The third kappa shape index (κ3) is 3.42. The van der Waals surface area contributed by atoms with Crippen LogP contribution in [-0.2, 0) is 0 Å². The predicted octanol–water partition coefficient (Wildman–Crippen LogP) is 2.74. The normalized spacial score (nSPS) is 10.2. The molecule has 5 heteroatoms. The fraction of sp³-hybridized carbons (Fsp3) is 0.556. The van der Waals surface area contributed by atoms with E-state index < -0.39 is 0 Å². The van der Waals surface area contributed by atoms with E-state index in [1.165, 1.54) is 0 Å². The van der Waals surface area contributed by atoms with Gasteiger partial charge < -0.3 is 4.90 Å². The van der Waals surface area contributed by atoms with Gasteiger partial charge in [-0.2, -0.15) is 0 Å². The molecule has 0 aliphatic heterocycles. The lowest BCUT2D eigenvalue weighted by Gasteiger charge is -2.19. The van der Waals surface area contributed by atoms with Crippen molar-refractivity contribution in [3.8, 4) is 0 Å². The number of anilines is 1. The van der Waals surface area contributed by atoms with E-state index in [2.05, 4.69) is 37.7 Å². The minimum Gasteiger partial charge on any atom is -0.341 e. The van der Waals surface area contributed by atoms with Crippen LogP contribution in [0.1, 0.15) is 13.3 Å². The summed E-state index contributed by atoms with van der Waals surface area (Å²) in [5, 5.41) is 1.57. The predicted molar refractivity (Wildman–Crippen MR) is 63.3 cm³/mol. The zero-order valence-electron chi connectivity index (χ0n) is 8.08. The third-order valence-corrected chi connectivity index (χ3v) is 2.59. The van der Waals surface area contributed by atoms with Crippen molar-refractivity contribution in [3.05, 3.63) is 17.4 Å². The fourth-order valence-electron chi connectivity index (χ4n) is 1.12. The fourth-order valence-corrected chi connectivity index (χ4v) is 1.47. The van der Waals surface area contributed by atoms with Gasteiger partial charge in [-0.15, -0.1) is 0 Å². The second kappa shape index (κ2) is 6.19. The Bertz CT molecular complexity index is 265. The van der Waals surface area contributed by atoms with E-state index in [-0.39, 0.29) is 0 Å². The molecule has 0 amide bonds. The van der Waals surface area contributed by atoms with Crippen molar-refractivity contribution in [3.63, 3.8) is 0 Å². The molecule has 0 fully saturated rings. The molecule has 3 nitrogen and oxygen atoms in total. The molecule has 0 aliphatic carbocycles. The summed E-state index contributed by atoms with van der Waals surface area (Å²) < 4.78 is 0. The number of hydrogen-bond donors (Lipinski definition) is 0. The average molecular weight is 279 g/mol. The monoisotopic (exact) mass is 277 g/mol. The molecule has 1 heterocycles. The van der Waals surface area contributed by atoms with Gasteiger partial charge in [0.25, 0.3) is 0 Å². The summed E-state index contributed by atoms with van der Waals surface area (Å²) in [6.07, 6.45) is 4.33. The first-order valence-electron chi connectivity index (χ1n) is 4.56. The molecule has 0 saturated carbocycles. The van der Waals surface area contributed by atoms with Crippen molar-refractivity contribution < 1.29 is 0 Å². The SMILES string of the molecule is CCN(CCCBr)c1ncc(Cl)cn1. The first-order chi connectivity index (χ1) is 6.77. The van der Waals surface area contributed by atoms with Gasteiger partial charge in [-0.25, -0.2) is 9.97 Å². The van der Waals surface area contributed by atoms with Gasteiger partial charge in [-0.3, -0.25) is 0 Å².